The second-order valence-corrected chi connectivity index (χ2v) is 5.63. The molecule has 14 heavy (non-hydrogen) atoms. The average Bonchev–Trinajstić information content (AvgIpc) is 2.71. The summed E-state index contributed by atoms with van der Waals surface area (Å²) in [5.74, 6) is 0.994. The van der Waals surface area contributed by atoms with Crippen molar-refractivity contribution in [3.8, 4) is 0 Å². The monoisotopic (exact) mass is 195 g/mol. The Balaban J connectivity index is 1.91. The van der Waals surface area contributed by atoms with E-state index in [0.29, 0.717) is 5.41 Å². The Morgan fingerprint density at radius 1 is 1.29 bits per heavy atom. The van der Waals surface area contributed by atoms with Crippen LogP contribution in [0.15, 0.2) is 0 Å². The molecule has 2 fully saturated rings. The van der Waals surface area contributed by atoms with Crippen LogP contribution in [0.1, 0.15) is 58.8 Å². The van der Waals surface area contributed by atoms with Crippen LogP contribution >= 0.6 is 0 Å². The SMILES string of the molecule is CCCNC(C1CCCC1)C1(C)CC1. The zero-order chi connectivity index (χ0) is 10.0. The van der Waals surface area contributed by atoms with Crippen molar-refractivity contribution in [2.24, 2.45) is 11.3 Å². The summed E-state index contributed by atoms with van der Waals surface area (Å²) in [6.07, 6.45) is 10.1. The van der Waals surface area contributed by atoms with Gasteiger partial charge in [0.05, 0.1) is 0 Å². The molecule has 0 radical (unpaired) electrons. The summed E-state index contributed by atoms with van der Waals surface area (Å²) in [5.41, 5.74) is 0.671. The van der Waals surface area contributed by atoms with Crippen LogP contribution in [0, 0.1) is 11.3 Å². The molecule has 1 unspecified atom stereocenters. The Labute approximate surface area is 88.7 Å². The van der Waals surface area contributed by atoms with Crippen LogP contribution in [0.3, 0.4) is 0 Å². The maximum Gasteiger partial charge on any atom is 0.0149 e. The Hall–Kier alpha value is -0.0400. The smallest absolute Gasteiger partial charge is 0.0149 e. The molecule has 1 heteroatoms. The minimum Gasteiger partial charge on any atom is -0.313 e. The van der Waals surface area contributed by atoms with E-state index in [4.69, 9.17) is 0 Å². The summed E-state index contributed by atoms with van der Waals surface area (Å²) in [5, 5.41) is 3.81. The predicted molar refractivity (Wildman–Crippen MR) is 61.4 cm³/mol. The van der Waals surface area contributed by atoms with Crippen molar-refractivity contribution < 1.29 is 0 Å². The highest BCUT2D eigenvalue weighted by Crippen LogP contribution is 2.52. The van der Waals surface area contributed by atoms with E-state index >= 15 is 0 Å². The van der Waals surface area contributed by atoms with Crippen LogP contribution in [0.5, 0.6) is 0 Å². The Morgan fingerprint density at radius 2 is 1.93 bits per heavy atom. The van der Waals surface area contributed by atoms with Gasteiger partial charge in [-0.25, -0.2) is 0 Å². The fraction of sp³-hybridized carbons (Fsp3) is 1.00. The lowest BCUT2D eigenvalue weighted by molar-refractivity contribution is 0.255. The van der Waals surface area contributed by atoms with E-state index in [1.165, 1.54) is 51.5 Å². The topological polar surface area (TPSA) is 12.0 Å². The summed E-state index contributed by atoms with van der Waals surface area (Å²) in [6, 6.07) is 0.838. The van der Waals surface area contributed by atoms with Gasteiger partial charge in [0.25, 0.3) is 0 Å². The standard InChI is InChI=1S/C13H25N/c1-3-10-14-12(13(2)8-9-13)11-6-4-5-7-11/h11-12,14H,3-10H2,1-2H3. The number of hydrogen-bond acceptors (Lipinski definition) is 1. The minimum atomic E-state index is 0.671. The molecule has 0 aromatic heterocycles. The van der Waals surface area contributed by atoms with Crippen molar-refractivity contribution in [1.82, 2.24) is 5.32 Å². The molecular weight excluding hydrogens is 170 g/mol. The number of hydrogen-bond donors (Lipinski definition) is 1. The van der Waals surface area contributed by atoms with E-state index in [1.807, 2.05) is 0 Å². The molecule has 0 spiro atoms. The second kappa shape index (κ2) is 4.22. The van der Waals surface area contributed by atoms with E-state index in [1.54, 1.807) is 0 Å². The normalized spacial score (nSPS) is 27.9. The zero-order valence-electron chi connectivity index (χ0n) is 9.81. The van der Waals surface area contributed by atoms with Gasteiger partial charge < -0.3 is 5.32 Å². The van der Waals surface area contributed by atoms with E-state index in [9.17, 15) is 0 Å². The third kappa shape index (κ3) is 2.13. The first-order chi connectivity index (χ1) is 6.76. The van der Waals surface area contributed by atoms with Crippen LogP contribution in [-0.4, -0.2) is 12.6 Å². The van der Waals surface area contributed by atoms with Gasteiger partial charge in [0.1, 0.15) is 0 Å². The van der Waals surface area contributed by atoms with Crippen LogP contribution in [-0.2, 0) is 0 Å². The Kier molecular flexibility index (Phi) is 3.16. The maximum atomic E-state index is 3.81. The molecule has 0 aromatic carbocycles. The predicted octanol–water partition coefficient (Wildman–Crippen LogP) is 3.34. The first-order valence-corrected chi connectivity index (χ1v) is 6.49. The average molecular weight is 195 g/mol. The summed E-state index contributed by atoms with van der Waals surface area (Å²) >= 11 is 0. The first-order valence-electron chi connectivity index (χ1n) is 6.49. The van der Waals surface area contributed by atoms with E-state index in [2.05, 4.69) is 19.2 Å². The highest BCUT2D eigenvalue weighted by molar-refractivity contribution is 5.02. The lowest BCUT2D eigenvalue weighted by Gasteiger charge is -2.30. The van der Waals surface area contributed by atoms with E-state index in [-0.39, 0.29) is 0 Å². The quantitative estimate of drug-likeness (QED) is 0.709. The van der Waals surface area contributed by atoms with Crippen LogP contribution < -0.4 is 5.32 Å². The van der Waals surface area contributed by atoms with Gasteiger partial charge in [-0.3, -0.25) is 0 Å². The molecule has 0 bridgehead atoms. The lowest BCUT2D eigenvalue weighted by Crippen LogP contribution is -2.42. The van der Waals surface area contributed by atoms with Crippen LogP contribution in [0.4, 0.5) is 0 Å². The van der Waals surface area contributed by atoms with Crippen molar-refractivity contribution in [1.29, 1.82) is 0 Å². The highest BCUT2D eigenvalue weighted by Gasteiger charge is 2.47. The number of nitrogens with one attached hydrogen (secondary N) is 1. The van der Waals surface area contributed by atoms with E-state index in [0.717, 1.165) is 12.0 Å². The molecule has 1 nitrogen and oxygen atoms in total. The molecule has 2 rings (SSSR count). The summed E-state index contributed by atoms with van der Waals surface area (Å²) in [4.78, 5) is 0. The van der Waals surface area contributed by atoms with Gasteiger partial charge in [-0.05, 0) is 50.0 Å². The molecule has 0 heterocycles. The second-order valence-electron chi connectivity index (χ2n) is 5.63. The third-order valence-corrected chi connectivity index (χ3v) is 4.27. The molecule has 2 aliphatic rings. The van der Waals surface area contributed by atoms with Crippen molar-refractivity contribution >= 4 is 0 Å². The van der Waals surface area contributed by atoms with E-state index < -0.39 is 0 Å². The van der Waals surface area contributed by atoms with Crippen LogP contribution in [0.2, 0.25) is 0 Å². The van der Waals surface area contributed by atoms with Gasteiger partial charge in [0.15, 0.2) is 0 Å². The fourth-order valence-corrected chi connectivity index (χ4v) is 3.08. The largest absolute Gasteiger partial charge is 0.313 e. The Morgan fingerprint density at radius 3 is 2.43 bits per heavy atom. The summed E-state index contributed by atoms with van der Waals surface area (Å²) in [6.45, 7) is 5.98. The molecule has 1 atom stereocenters. The van der Waals surface area contributed by atoms with Gasteiger partial charge in [-0.15, -0.1) is 0 Å². The van der Waals surface area contributed by atoms with Crippen molar-refractivity contribution in [2.45, 2.75) is 64.8 Å². The molecule has 2 aliphatic carbocycles. The van der Waals surface area contributed by atoms with Crippen molar-refractivity contribution in [3.05, 3.63) is 0 Å². The molecule has 1 N–H and O–H groups in total. The van der Waals surface area contributed by atoms with Crippen molar-refractivity contribution in [2.75, 3.05) is 6.54 Å². The van der Waals surface area contributed by atoms with Crippen LogP contribution in [0.25, 0.3) is 0 Å². The van der Waals surface area contributed by atoms with Gasteiger partial charge >= 0.3 is 0 Å². The summed E-state index contributed by atoms with van der Waals surface area (Å²) in [7, 11) is 0. The first kappa shape index (κ1) is 10.5. The molecule has 0 saturated heterocycles. The fourth-order valence-electron chi connectivity index (χ4n) is 3.08. The molecule has 82 valence electrons. The summed E-state index contributed by atoms with van der Waals surface area (Å²) < 4.78 is 0. The van der Waals surface area contributed by atoms with Crippen molar-refractivity contribution in [3.63, 3.8) is 0 Å². The molecule has 2 saturated carbocycles. The maximum absolute atomic E-state index is 3.81. The molecule has 0 aliphatic heterocycles. The number of rotatable bonds is 5. The lowest BCUT2D eigenvalue weighted by atomic mass is 9.85. The molecular formula is C13H25N. The van der Waals surface area contributed by atoms with Gasteiger partial charge in [-0.2, -0.15) is 0 Å². The van der Waals surface area contributed by atoms with Gasteiger partial charge in [-0.1, -0.05) is 26.7 Å². The third-order valence-electron chi connectivity index (χ3n) is 4.27. The zero-order valence-corrected chi connectivity index (χ0v) is 9.81. The molecule has 0 amide bonds. The highest BCUT2D eigenvalue weighted by atomic mass is 15.0. The Bertz CT molecular complexity index is 178. The molecule has 0 aromatic rings. The van der Waals surface area contributed by atoms with Gasteiger partial charge in [0, 0.05) is 6.04 Å². The minimum absolute atomic E-state index is 0.671. The van der Waals surface area contributed by atoms with Gasteiger partial charge in [0.2, 0.25) is 0 Å².